The van der Waals surface area contributed by atoms with Gasteiger partial charge >= 0.3 is 0 Å². The van der Waals surface area contributed by atoms with E-state index in [4.69, 9.17) is 14.5 Å². The van der Waals surface area contributed by atoms with Crippen molar-refractivity contribution in [1.29, 1.82) is 0 Å². The summed E-state index contributed by atoms with van der Waals surface area (Å²) in [6, 6.07) is 22.9. The van der Waals surface area contributed by atoms with Gasteiger partial charge in [0.1, 0.15) is 23.6 Å². The number of H-pyrrole nitrogens is 2. The second-order valence-electron chi connectivity index (χ2n) is 10.0. The van der Waals surface area contributed by atoms with Gasteiger partial charge in [-0.1, -0.05) is 42.5 Å². The van der Waals surface area contributed by atoms with Gasteiger partial charge in [-0.3, -0.25) is 5.10 Å². The smallest absolute Gasteiger partial charge is 0.159 e. The number of nitrogens with zero attached hydrogens (tertiary/aromatic N) is 4. The van der Waals surface area contributed by atoms with Crippen molar-refractivity contribution in [3.8, 4) is 17.3 Å². The van der Waals surface area contributed by atoms with E-state index < -0.39 is 0 Å². The number of hydrogen-bond acceptors (Lipinski definition) is 6. The maximum absolute atomic E-state index is 6.12. The summed E-state index contributed by atoms with van der Waals surface area (Å²) in [7, 11) is 4.17. The van der Waals surface area contributed by atoms with E-state index in [1.54, 1.807) is 0 Å². The van der Waals surface area contributed by atoms with Gasteiger partial charge < -0.3 is 24.3 Å². The molecule has 6 rings (SSSR count). The van der Waals surface area contributed by atoms with Gasteiger partial charge in [-0.25, -0.2) is 4.98 Å². The Kier molecular flexibility index (Phi) is 6.28. The molecular formula is C29H32N6O2. The average Bonchev–Trinajstić information content (AvgIpc) is 3.53. The molecule has 8 heteroatoms. The number of rotatable bonds is 7. The van der Waals surface area contributed by atoms with Gasteiger partial charge in [0.05, 0.1) is 23.7 Å². The minimum Gasteiger partial charge on any atom is -0.487 e. The maximum atomic E-state index is 6.12. The molecule has 3 aromatic carbocycles. The molecule has 2 aromatic heterocycles. The molecule has 1 fully saturated rings. The quantitative estimate of drug-likeness (QED) is 0.336. The first-order valence-corrected chi connectivity index (χ1v) is 12.7. The van der Waals surface area contributed by atoms with Crippen molar-refractivity contribution in [2.75, 3.05) is 38.7 Å². The minimum absolute atomic E-state index is 0.188. The zero-order valence-corrected chi connectivity index (χ0v) is 21.4. The van der Waals surface area contributed by atoms with Crippen LogP contribution in [0.2, 0.25) is 0 Å². The zero-order chi connectivity index (χ0) is 25.4. The predicted octanol–water partition coefficient (Wildman–Crippen LogP) is 4.84. The molecule has 0 spiro atoms. The van der Waals surface area contributed by atoms with Crippen LogP contribution in [0.15, 0.2) is 66.7 Å². The number of benzene rings is 3. The average molecular weight is 497 g/mol. The van der Waals surface area contributed by atoms with Crippen LogP contribution in [0.4, 0.5) is 5.69 Å². The van der Waals surface area contributed by atoms with Crippen molar-refractivity contribution in [3.05, 3.63) is 72.3 Å². The fourth-order valence-corrected chi connectivity index (χ4v) is 5.04. The van der Waals surface area contributed by atoms with Crippen molar-refractivity contribution in [2.24, 2.45) is 0 Å². The molecule has 0 aliphatic carbocycles. The molecule has 1 aliphatic heterocycles. The summed E-state index contributed by atoms with van der Waals surface area (Å²) in [5, 5.41) is 8.74. The Morgan fingerprint density at radius 1 is 1.08 bits per heavy atom. The summed E-state index contributed by atoms with van der Waals surface area (Å²) in [5.74, 6) is 1.51. The number of anilines is 1. The lowest BCUT2D eigenvalue weighted by Crippen LogP contribution is -2.51. The Morgan fingerprint density at radius 2 is 1.95 bits per heavy atom. The number of imidazole rings is 1. The van der Waals surface area contributed by atoms with Crippen LogP contribution in [0.5, 0.6) is 5.75 Å². The van der Waals surface area contributed by atoms with Gasteiger partial charge in [0.15, 0.2) is 5.82 Å². The van der Waals surface area contributed by atoms with E-state index in [0.717, 1.165) is 64.5 Å². The first kappa shape index (κ1) is 23.5. The number of likely N-dealkylation sites (N-methyl/N-ethyl adjacent to an activating group) is 1. The number of para-hydroxylation sites is 1. The molecule has 8 nitrogen and oxygen atoms in total. The third-order valence-electron chi connectivity index (χ3n) is 6.89. The number of aromatic amines is 2. The number of morpholine rings is 1. The van der Waals surface area contributed by atoms with Crippen molar-refractivity contribution < 1.29 is 9.47 Å². The first-order valence-electron chi connectivity index (χ1n) is 12.7. The van der Waals surface area contributed by atoms with Crippen LogP contribution in [0.3, 0.4) is 0 Å². The van der Waals surface area contributed by atoms with Crippen LogP contribution < -0.4 is 9.64 Å². The van der Waals surface area contributed by atoms with E-state index >= 15 is 0 Å². The summed E-state index contributed by atoms with van der Waals surface area (Å²) in [6.07, 6.45) is 0.188. The Balaban J connectivity index is 1.27. The van der Waals surface area contributed by atoms with Crippen molar-refractivity contribution >= 4 is 27.6 Å². The van der Waals surface area contributed by atoms with E-state index in [1.165, 1.54) is 5.69 Å². The lowest BCUT2D eigenvalue weighted by atomic mass is 10.1. The highest BCUT2D eigenvalue weighted by Crippen LogP contribution is 2.33. The fourth-order valence-electron chi connectivity index (χ4n) is 5.04. The molecule has 0 amide bonds. The van der Waals surface area contributed by atoms with Crippen LogP contribution in [-0.4, -0.2) is 71.0 Å². The van der Waals surface area contributed by atoms with E-state index in [1.807, 2.05) is 36.4 Å². The minimum atomic E-state index is 0.188. The highest BCUT2D eigenvalue weighted by molar-refractivity contribution is 5.96. The number of hydrogen-bond donors (Lipinski definition) is 2. The third kappa shape index (κ3) is 4.77. The van der Waals surface area contributed by atoms with Crippen LogP contribution >= 0.6 is 0 Å². The number of ether oxygens (including phenoxy) is 2. The summed E-state index contributed by atoms with van der Waals surface area (Å²) >= 11 is 0. The van der Waals surface area contributed by atoms with Gasteiger partial charge in [-0.2, -0.15) is 5.10 Å². The van der Waals surface area contributed by atoms with Crippen LogP contribution in [-0.2, 0) is 11.3 Å². The van der Waals surface area contributed by atoms with Gasteiger partial charge in [0.25, 0.3) is 0 Å². The molecule has 0 bridgehead atoms. The zero-order valence-electron chi connectivity index (χ0n) is 21.4. The Morgan fingerprint density at radius 3 is 2.78 bits per heavy atom. The van der Waals surface area contributed by atoms with Crippen LogP contribution in [0.1, 0.15) is 12.5 Å². The Hall–Kier alpha value is -3.88. The molecule has 2 atom stereocenters. The molecular weight excluding hydrogens is 464 g/mol. The Labute approximate surface area is 216 Å². The summed E-state index contributed by atoms with van der Waals surface area (Å²) in [4.78, 5) is 13.0. The van der Waals surface area contributed by atoms with Gasteiger partial charge in [0, 0.05) is 30.2 Å². The number of nitrogens with one attached hydrogen (secondary N) is 2. The molecule has 190 valence electrons. The molecule has 5 aromatic rings. The van der Waals surface area contributed by atoms with E-state index in [0.29, 0.717) is 12.6 Å². The summed E-state index contributed by atoms with van der Waals surface area (Å²) < 4.78 is 12.2. The van der Waals surface area contributed by atoms with E-state index in [2.05, 4.69) is 76.3 Å². The lowest BCUT2D eigenvalue weighted by molar-refractivity contribution is 0.00880. The molecule has 1 saturated heterocycles. The van der Waals surface area contributed by atoms with Crippen molar-refractivity contribution in [3.63, 3.8) is 0 Å². The van der Waals surface area contributed by atoms with Crippen LogP contribution in [0, 0.1) is 0 Å². The van der Waals surface area contributed by atoms with Gasteiger partial charge in [-0.05, 0) is 50.8 Å². The number of fused-ring (bicyclic) bond motifs is 2. The van der Waals surface area contributed by atoms with E-state index in [-0.39, 0.29) is 6.10 Å². The van der Waals surface area contributed by atoms with Crippen molar-refractivity contribution in [1.82, 2.24) is 25.1 Å². The van der Waals surface area contributed by atoms with Gasteiger partial charge in [-0.15, -0.1) is 0 Å². The molecule has 3 heterocycles. The molecule has 1 aliphatic rings. The monoisotopic (exact) mass is 496 g/mol. The van der Waals surface area contributed by atoms with Crippen LogP contribution in [0.25, 0.3) is 33.5 Å². The first-order chi connectivity index (χ1) is 18.0. The van der Waals surface area contributed by atoms with E-state index in [9.17, 15) is 0 Å². The summed E-state index contributed by atoms with van der Waals surface area (Å²) in [6.45, 7) is 5.20. The molecule has 0 radical (unpaired) electrons. The molecule has 37 heavy (non-hydrogen) atoms. The Bertz CT molecular complexity index is 1510. The molecule has 0 saturated carbocycles. The standard InChI is InChI=1S/C29H32N6O2/c1-19-17-36-22(15-34(2)3)16-35(19)21-12-13-24-25(14-21)31-29(30-24)28-23-10-7-11-26(27(23)32-33-28)37-18-20-8-5-4-6-9-20/h4-14,19,22H,15-18H2,1-3H3,(H,30,31)(H,32,33). The second-order valence-corrected chi connectivity index (χ2v) is 10.0. The third-order valence-corrected chi connectivity index (χ3v) is 6.89. The maximum Gasteiger partial charge on any atom is 0.159 e. The normalized spacial score (nSPS) is 18.2. The lowest BCUT2D eigenvalue weighted by Gasteiger charge is -2.40. The fraction of sp³-hybridized carbons (Fsp3) is 0.310. The highest BCUT2D eigenvalue weighted by atomic mass is 16.5. The van der Waals surface area contributed by atoms with Crippen molar-refractivity contribution in [2.45, 2.75) is 25.7 Å². The topological polar surface area (TPSA) is 82.3 Å². The second kappa shape index (κ2) is 9.88. The highest BCUT2D eigenvalue weighted by Gasteiger charge is 2.27. The molecule has 2 N–H and O–H groups in total. The molecule has 2 unspecified atom stereocenters. The SMILES string of the molecule is CC1COC(CN(C)C)CN1c1ccc2nc(-c3n[nH]c4c(OCc5ccccc5)cccc34)[nH]c2c1. The van der Waals surface area contributed by atoms with Gasteiger partial charge in [0.2, 0.25) is 0 Å². The number of aromatic nitrogens is 4. The largest absolute Gasteiger partial charge is 0.487 e. The predicted molar refractivity (Wildman–Crippen MR) is 147 cm³/mol. The summed E-state index contributed by atoms with van der Waals surface area (Å²) in [5.41, 5.74) is 5.84.